The molecule has 3 nitrogen and oxygen atoms in total. The van der Waals surface area contributed by atoms with E-state index in [4.69, 9.17) is 5.73 Å². The fourth-order valence-electron chi connectivity index (χ4n) is 0.326. The Hall–Kier alpha value is -0.830. The number of nitrogens with two attached hydrogens (primary N) is 1. The lowest BCUT2D eigenvalue weighted by molar-refractivity contribution is -0.137. The molecular weight excluding hydrogens is 142 g/mol. The number of hydrogen-bond donors (Lipinski definition) is 1. The first kappa shape index (κ1) is 12.8. The highest BCUT2D eigenvalue weighted by molar-refractivity contribution is 5.81. The van der Waals surface area contributed by atoms with E-state index in [0.29, 0.717) is 6.61 Å². The Morgan fingerprint density at radius 3 is 2.27 bits per heavy atom. The van der Waals surface area contributed by atoms with Crippen molar-refractivity contribution in [2.75, 3.05) is 13.2 Å². The van der Waals surface area contributed by atoms with Crippen LogP contribution >= 0.6 is 0 Å². The molecule has 0 fully saturated rings. The molecule has 0 spiro atoms. The van der Waals surface area contributed by atoms with E-state index >= 15 is 0 Å². The third kappa shape index (κ3) is 17.6. The minimum absolute atomic E-state index is 0.269. The van der Waals surface area contributed by atoms with E-state index in [1.807, 2.05) is 6.92 Å². The van der Waals surface area contributed by atoms with Crippen molar-refractivity contribution in [1.29, 1.82) is 0 Å². The van der Waals surface area contributed by atoms with Crippen molar-refractivity contribution >= 4 is 5.97 Å². The van der Waals surface area contributed by atoms with Gasteiger partial charge < -0.3 is 10.5 Å². The number of allylic oxidation sites excluding steroid dienone is 1. The Labute approximate surface area is 68.2 Å². The normalized spacial score (nSPS) is 8.73. The molecule has 2 N–H and O–H groups in total. The van der Waals surface area contributed by atoms with Crippen molar-refractivity contribution < 1.29 is 9.53 Å². The van der Waals surface area contributed by atoms with E-state index in [-0.39, 0.29) is 5.97 Å². The molecule has 11 heavy (non-hydrogen) atoms. The number of rotatable bonds is 2. The molecule has 0 heterocycles. The van der Waals surface area contributed by atoms with E-state index in [9.17, 15) is 4.79 Å². The van der Waals surface area contributed by atoms with E-state index in [1.165, 1.54) is 6.08 Å². The van der Waals surface area contributed by atoms with Gasteiger partial charge in [0.05, 0.1) is 6.61 Å². The number of ether oxygens (including phenoxy) is 1. The van der Waals surface area contributed by atoms with Gasteiger partial charge in [-0.25, -0.2) is 4.79 Å². The monoisotopic (exact) mass is 159 g/mol. The first-order valence-electron chi connectivity index (χ1n) is 3.72. The van der Waals surface area contributed by atoms with Crippen LogP contribution in [0.1, 0.15) is 20.8 Å². The summed E-state index contributed by atoms with van der Waals surface area (Å²) in [5, 5.41) is 0. The molecule has 0 unspecified atom stereocenters. The molecular formula is C8H17NO2. The highest BCUT2D eigenvalue weighted by Gasteiger charge is 1.88. The highest BCUT2D eigenvalue weighted by Crippen LogP contribution is 1.78. The number of hydrogen-bond acceptors (Lipinski definition) is 3. The lowest BCUT2D eigenvalue weighted by Gasteiger charge is -1.91. The predicted molar refractivity (Wildman–Crippen MR) is 46.2 cm³/mol. The van der Waals surface area contributed by atoms with Gasteiger partial charge in [-0.05, 0) is 20.4 Å². The van der Waals surface area contributed by atoms with Crippen LogP contribution in [0.2, 0.25) is 0 Å². The average Bonchev–Trinajstić information content (AvgIpc) is 1.90. The van der Waals surface area contributed by atoms with Gasteiger partial charge in [-0.1, -0.05) is 13.0 Å². The molecule has 0 bridgehead atoms. The molecule has 0 saturated carbocycles. The summed E-state index contributed by atoms with van der Waals surface area (Å²) in [6.45, 7) is 6.65. The van der Waals surface area contributed by atoms with Crippen LogP contribution in [-0.4, -0.2) is 19.1 Å². The van der Waals surface area contributed by atoms with Crippen LogP contribution in [-0.2, 0) is 9.53 Å². The molecule has 0 radical (unpaired) electrons. The third-order valence-electron chi connectivity index (χ3n) is 0.589. The van der Waals surface area contributed by atoms with Gasteiger partial charge in [0, 0.05) is 6.08 Å². The van der Waals surface area contributed by atoms with Crippen LogP contribution in [0.25, 0.3) is 0 Å². The fraction of sp³-hybridized carbons (Fsp3) is 0.625. The smallest absolute Gasteiger partial charge is 0.330 e. The summed E-state index contributed by atoms with van der Waals surface area (Å²) in [7, 11) is 0. The molecule has 0 amide bonds. The standard InChI is InChI=1S/C6H10O2.C2H7N/c1-3-5-6(7)8-4-2;1-2-3/h3,5H,4H2,1-2H3;2-3H2,1H3. The molecule has 3 heteroatoms. The van der Waals surface area contributed by atoms with Crippen LogP contribution < -0.4 is 5.73 Å². The van der Waals surface area contributed by atoms with Gasteiger partial charge in [-0.3, -0.25) is 0 Å². The lowest BCUT2D eigenvalue weighted by atomic mass is 10.5. The summed E-state index contributed by atoms with van der Waals surface area (Å²) < 4.78 is 4.56. The molecule has 0 saturated heterocycles. The van der Waals surface area contributed by atoms with Gasteiger partial charge in [0.2, 0.25) is 0 Å². The number of carbonyl (C=O) groups excluding carboxylic acids is 1. The fourth-order valence-corrected chi connectivity index (χ4v) is 0.326. The second kappa shape index (κ2) is 11.9. The number of carbonyl (C=O) groups is 1. The molecule has 0 atom stereocenters. The zero-order valence-corrected chi connectivity index (χ0v) is 7.46. The molecule has 0 aliphatic rings. The van der Waals surface area contributed by atoms with Crippen LogP contribution in [0.15, 0.2) is 12.2 Å². The predicted octanol–water partition coefficient (Wildman–Crippen LogP) is 1.09. The third-order valence-corrected chi connectivity index (χ3v) is 0.589. The van der Waals surface area contributed by atoms with Crippen LogP contribution in [0.4, 0.5) is 0 Å². The molecule has 0 aromatic carbocycles. The summed E-state index contributed by atoms with van der Waals surface area (Å²) in [6, 6.07) is 0. The van der Waals surface area contributed by atoms with Crippen molar-refractivity contribution in [3.8, 4) is 0 Å². The van der Waals surface area contributed by atoms with Crippen molar-refractivity contribution in [3.63, 3.8) is 0 Å². The Morgan fingerprint density at radius 1 is 1.55 bits per heavy atom. The van der Waals surface area contributed by atoms with E-state index in [1.54, 1.807) is 19.9 Å². The second-order valence-corrected chi connectivity index (χ2v) is 1.66. The summed E-state index contributed by atoms with van der Waals surface area (Å²) in [4.78, 5) is 10.3. The zero-order valence-electron chi connectivity index (χ0n) is 7.46. The summed E-state index contributed by atoms with van der Waals surface area (Å²) in [5.41, 5.74) is 4.85. The van der Waals surface area contributed by atoms with Gasteiger partial charge in [-0.15, -0.1) is 0 Å². The average molecular weight is 159 g/mol. The minimum atomic E-state index is -0.269. The van der Waals surface area contributed by atoms with E-state index in [0.717, 1.165) is 6.54 Å². The topological polar surface area (TPSA) is 52.3 Å². The maximum Gasteiger partial charge on any atom is 0.330 e. The number of esters is 1. The second-order valence-electron chi connectivity index (χ2n) is 1.66. The van der Waals surface area contributed by atoms with Crippen molar-refractivity contribution in [3.05, 3.63) is 12.2 Å². The van der Waals surface area contributed by atoms with Crippen molar-refractivity contribution in [2.45, 2.75) is 20.8 Å². The Morgan fingerprint density at radius 2 is 2.00 bits per heavy atom. The van der Waals surface area contributed by atoms with Crippen molar-refractivity contribution in [1.82, 2.24) is 0 Å². The van der Waals surface area contributed by atoms with Gasteiger partial charge >= 0.3 is 5.97 Å². The van der Waals surface area contributed by atoms with E-state index < -0.39 is 0 Å². The SMILES string of the molecule is CC=CC(=O)OCC.CCN. The van der Waals surface area contributed by atoms with Crippen LogP contribution in [0, 0.1) is 0 Å². The zero-order chi connectivity index (χ0) is 9.11. The maximum atomic E-state index is 10.3. The quantitative estimate of drug-likeness (QED) is 0.484. The maximum absolute atomic E-state index is 10.3. The first-order valence-corrected chi connectivity index (χ1v) is 3.72. The Bertz CT molecular complexity index is 111. The summed E-state index contributed by atoms with van der Waals surface area (Å²) in [6.07, 6.45) is 3.04. The van der Waals surface area contributed by atoms with Crippen LogP contribution in [0.5, 0.6) is 0 Å². The largest absolute Gasteiger partial charge is 0.463 e. The van der Waals surface area contributed by atoms with Gasteiger partial charge in [0.25, 0.3) is 0 Å². The summed E-state index contributed by atoms with van der Waals surface area (Å²) in [5.74, 6) is -0.269. The first-order chi connectivity index (χ1) is 5.22. The molecule has 0 aromatic rings. The Kier molecular flexibility index (Phi) is 13.9. The molecule has 0 aliphatic carbocycles. The highest BCUT2D eigenvalue weighted by atomic mass is 16.5. The van der Waals surface area contributed by atoms with Gasteiger partial charge in [0.15, 0.2) is 0 Å². The molecule has 66 valence electrons. The lowest BCUT2D eigenvalue weighted by Crippen LogP contribution is -1.98. The van der Waals surface area contributed by atoms with Gasteiger partial charge in [-0.2, -0.15) is 0 Å². The van der Waals surface area contributed by atoms with Gasteiger partial charge in [0.1, 0.15) is 0 Å². The molecule has 0 aromatic heterocycles. The molecule has 0 rings (SSSR count). The summed E-state index contributed by atoms with van der Waals surface area (Å²) >= 11 is 0. The van der Waals surface area contributed by atoms with E-state index in [2.05, 4.69) is 4.74 Å². The minimum Gasteiger partial charge on any atom is -0.463 e. The van der Waals surface area contributed by atoms with Crippen LogP contribution in [0.3, 0.4) is 0 Å². The Balaban J connectivity index is 0. The molecule has 0 aliphatic heterocycles. The van der Waals surface area contributed by atoms with Crippen molar-refractivity contribution in [2.24, 2.45) is 5.73 Å².